The number of hydrogen-bond donors (Lipinski definition) is 2. The molecule has 0 saturated carbocycles. The summed E-state index contributed by atoms with van der Waals surface area (Å²) < 4.78 is 26.0. The Hall–Kier alpha value is -2.67. The maximum atomic E-state index is 13.1. The number of anilines is 3. The van der Waals surface area contributed by atoms with Crippen LogP contribution in [0.1, 0.15) is 6.42 Å². The maximum absolute atomic E-state index is 13.1. The largest absolute Gasteiger partial charge is 0.384 e. The van der Waals surface area contributed by atoms with E-state index in [0.29, 0.717) is 12.2 Å². The van der Waals surface area contributed by atoms with Gasteiger partial charge >= 0.3 is 0 Å². The first-order valence-corrected chi connectivity index (χ1v) is 9.03. The van der Waals surface area contributed by atoms with Gasteiger partial charge in [0.05, 0.1) is 0 Å². The molecule has 1 aliphatic rings. The molecule has 0 bridgehead atoms. The van der Waals surface area contributed by atoms with Crippen LogP contribution in [0, 0.1) is 11.6 Å². The molecule has 1 saturated heterocycles. The number of piperazine rings is 1. The van der Waals surface area contributed by atoms with Gasteiger partial charge < -0.3 is 20.4 Å². The Labute approximate surface area is 158 Å². The van der Waals surface area contributed by atoms with E-state index in [-0.39, 0.29) is 12.3 Å². The summed E-state index contributed by atoms with van der Waals surface area (Å²) in [6.45, 7) is 4.42. The van der Waals surface area contributed by atoms with Crippen molar-refractivity contribution in [3.8, 4) is 0 Å². The highest BCUT2D eigenvalue weighted by Crippen LogP contribution is 2.19. The zero-order chi connectivity index (χ0) is 19.2. The Kier molecular flexibility index (Phi) is 6.24. The van der Waals surface area contributed by atoms with E-state index in [9.17, 15) is 13.6 Å². The summed E-state index contributed by atoms with van der Waals surface area (Å²) in [6.07, 6.45) is 0.221. The van der Waals surface area contributed by atoms with E-state index >= 15 is 0 Å². The quantitative estimate of drug-likeness (QED) is 0.816. The van der Waals surface area contributed by atoms with Gasteiger partial charge in [-0.25, -0.2) is 8.78 Å². The van der Waals surface area contributed by atoms with E-state index in [2.05, 4.69) is 27.5 Å². The molecule has 0 spiro atoms. The Bertz CT molecular complexity index is 774. The monoisotopic (exact) mass is 374 g/mol. The molecule has 27 heavy (non-hydrogen) atoms. The lowest BCUT2D eigenvalue weighted by molar-refractivity contribution is -0.115. The van der Waals surface area contributed by atoms with Gasteiger partial charge in [0.25, 0.3) is 0 Å². The van der Waals surface area contributed by atoms with Crippen LogP contribution >= 0.6 is 0 Å². The van der Waals surface area contributed by atoms with Gasteiger partial charge in [-0.05, 0) is 49.5 Å². The summed E-state index contributed by atoms with van der Waals surface area (Å²) in [5.74, 6) is -1.94. The van der Waals surface area contributed by atoms with Crippen LogP contribution < -0.4 is 15.5 Å². The number of nitrogens with one attached hydrogen (secondary N) is 2. The van der Waals surface area contributed by atoms with Gasteiger partial charge in [-0.1, -0.05) is 0 Å². The average Bonchev–Trinajstić information content (AvgIpc) is 2.66. The molecular formula is C20H24F2N4O. The van der Waals surface area contributed by atoms with Gasteiger partial charge in [0.15, 0.2) is 11.6 Å². The summed E-state index contributed by atoms with van der Waals surface area (Å²) in [5, 5.41) is 5.75. The third-order valence-corrected chi connectivity index (χ3v) is 4.62. The van der Waals surface area contributed by atoms with Crippen LogP contribution in [0.3, 0.4) is 0 Å². The van der Waals surface area contributed by atoms with Gasteiger partial charge in [0.1, 0.15) is 0 Å². The number of benzene rings is 2. The number of hydrogen-bond acceptors (Lipinski definition) is 4. The van der Waals surface area contributed by atoms with Crippen molar-refractivity contribution in [2.45, 2.75) is 6.42 Å². The van der Waals surface area contributed by atoms with Crippen molar-refractivity contribution in [3.05, 3.63) is 54.1 Å². The van der Waals surface area contributed by atoms with Gasteiger partial charge in [-0.3, -0.25) is 4.79 Å². The van der Waals surface area contributed by atoms with Crippen LogP contribution in [-0.2, 0) is 4.79 Å². The number of likely N-dealkylation sites (N-methyl/N-ethyl adjacent to an activating group) is 1. The van der Waals surface area contributed by atoms with Crippen LogP contribution in [0.2, 0.25) is 0 Å². The van der Waals surface area contributed by atoms with Crippen LogP contribution in [0.5, 0.6) is 0 Å². The molecule has 0 unspecified atom stereocenters. The van der Waals surface area contributed by atoms with E-state index in [1.165, 1.54) is 6.07 Å². The lowest BCUT2D eigenvalue weighted by Crippen LogP contribution is -2.44. The van der Waals surface area contributed by atoms with Crippen molar-refractivity contribution in [1.82, 2.24) is 4.90 Å². The molecule has 0 aliphatic carbocycles. The molecule has 144 valence electrons. The van der Waals surface area contributed by atoms with Crippen molar-refractivity contribution >= 4 is 23.0 Å². The predicted molar refractivity (Wildman–Crippen MR) is 104 cm³/mol. The maximum Gasteiger partial charge on any atom is 0.226 e. The van der Waals surface area contributed by atoms with Gasteiger partial charge in [0.2, 0.25) is 5.91 Å². The summed E-state index contributed by atoms with van der Waals surface area (Å²) in [4.78, 5) is 16.7. The normalized spacial score (nSPS) is 14.9. The number of rotatable bonds is 6. The molecule has 1 amide bonds. The molecule has 7 heteroatoms. The lowest BCUT2D eigenvalue weighted by Gasteiger charge is -2.34. The van der Waals surface area contributed by atoms with E-state index in [1.54, 1.807) is 0 Å². The third-order valence-electron chi connectivity index (χ3n) is 4.62. The fourth-order valence-electron chi connectivity index (χ4n) is 2.97. The average molecular weight is 374 g/mol. The molecule has 2 N–H and O–H groups in total. The summed E-state index contributed by atoms with van der Waals surface area (Å²) in [5.41, 5.74) is 2.34. The van der Waals surface area contributed by atoms with Crippen molar-refractivity contribution in [1.29, 1.82) is 0 Å². The highest BCUT2D eigenvalue weighted by molar-refractivity contribution is 5.91. The van der Waals surface area contributed by atoms with Gasteiger partial charge in [-0.2, -0.15) is 0 Å². The molecule has 1 fully saturated rings. The molecule has 1 aliphatic heterocycles. The highest BCUT2D eigenvalue weighted by atomic mass is 19.2. The second-order valence-corrected chi connectivity index (χ2v) is 6.69. The van der Waals surface area contributed by atoms with Crippen molar-refractivity contribution < 1.29 is 13.6 Å². The fraction of sp³-hybridized carbons (Fsp3) is 0.350. The molecule has 2 aromatic rings. The lowest BCUT2D eigenvalue weighted by atomic mass is 10.2. The standard InChI is InChI=1S/C20H24F2N4O/c1-25-10-12-26(13-11-25)17-5-2-15(3-6-17)24-20(27)8-9-23-16-4-7-18(21)19(22)14-16/h2-7,14,23H,8-13H2,1H3,(H,24,27). The minimum atomic E-state index is -0.912. The topological polar surface area (TPSA) is 47.6 Å². The van der Waals surface area contributed by atoms with E-state index in [4.69, 9.17) is 0 Å². The number of carbonyl (C=O) groups excluding carboxylic acids is 1. The second-order valence-electron chi connectivity index (χ2n) is 6.69. The van der Waals surface area contributed by atoms with Gasteiger partial charge in [0, 0.05) is 56.2 Å². The minimum Gasteiger partial charge on any atom is -0.384 e. The van der Waals surface area contributed by atoms with E-state index < -0.39 is 11.6 Å². The second kappa shape index (κ2) is 8.81. The number of halogens is 2. The zero-order valence-electron chi connectivity index (χ0n) is 15.3. The number of nitrogens with zero attached hydrogens (tertiary/aromatic N) is 2. The minimum absolute atomic E-state index is 0.141. The highest BCUT2D eigenvalue weighted by Gasteiger charge is 2.14. The Balaban J connectivity index is 1.44. The molecule has 2 aromatic carbocycles. The van der Waals surface area contributed by atoms with Crippen molar-refractivity contribution in [2.24, 2.45) is 0 Å². The van der Waals surface area contributed by atoms with Crippen LogP contribution in [0.25, 0.3) is 0 Å². The van der Waals surface area contributed by atoms with Crippen LogP contribution in [0.4, 0.5) is 25.8 Å². The van der Waals surface area contributed by atoms with Crippen molar-refractivity contribution in [3.63, 3.8) is 0 Å². The summed E-state index contributed by atoms with van der Waals surface area (Å²) in [6, 6.07) is 11.4. The number of amides is 1. The van der Waals surface area contributed by atoms with Crippen molar-refractivity contribution in [2.75, 3.05) is 55.3 Å². The molecule has 0 atom stereocenters. The molecule has 0 radical (unpaired) electrons. The van der Waals surface area contributed by atoms with E-state index in [1.807, 2.05) is 24.3 Å². The zero-order valence-corrected chi connectivity index (χ0v) is 15.3. The Morgan fingerprint density at radius 2 is 1.63 bits per heavy atom. The molecule has 0 aromatic heterocycles. The first kappa shape index (κ1) is 19.1. The van der Waals surface area contributed by atoms with Gasteiger partial charge in [-0.15, -0.1) is 0 Å². The number of carbonyl (C=O) groups is 1. The Morgan fingerprint density at radius 1 is 0.963 bits per heavy atom. The van der Waals surface area contributed by atoms with Crippen LogP contribution in [-0.4, -0.2) is 50.6 Å². The summed E-state index contributed by atoms with van der Waals surface area (Å²) >= 11 is 0. The molecule has 5 nitrogen and oxygen atoms in total. The first-order chi connectivity index (χ1) is 13.0. The van der Waals surface area contributed by atoms with Crippen LogP contribution in [0.15, 0.2) is 42.5 Å². The predicted octanol–water partition coefficient (Wildman–Crippen LogP) is 3.16. The first-order valence-electron chi connectivity index (χ1n) is 9.03. The third kappa shape index (κ3) is 5.40. The molecule has 1 heterocycles. The van der Waals surface area contributed by atoms with E-state index in [0.717, 1.165) is 49.7 Å². The fourth-order valence-corrected chi connectivity index (χ4v) is 2.97. The Morgan fingerprint density at radius 3 is 2.30 bits per heavy atom. The molecule has 3 rings (SSSR count). The summed E-state index contributed by atoms with van der Waals surface area (Å²) in [7, 11) is 2.12. The smallest absolute Gasteiger partial charge is 0.226 e. The SMILES string of the molecule is CN1CCN(c2ccc(NC(=O)CCNc3ccc(F)c(F)c3)cc2)CC1. The molecular weight excluding hydrogens is 350 g/mol.